The van der Waals surface area contributed by atoms with Crippen molar-refractivity contribution in [2.75, 3.05) is 6.61 Å². The van der Waals surface area contributed by atoms with Crippen molar-refractivity contribution in [3.63, 3.8) is 0 Å². The number of nitrogens with one attached hydrogen (secondary N) is 1. The van der Waals surface area contributed by atoms with Crippen molar-refractivity contribution in [2.24, 2.45) is 11.3 Å². The predicted molar refractivity (Wildman–Crippen MR) is 80.4 cm³/mol. The SMILES string of the molecule is CCC1CCCC(NC(=O)[C@@H]2C[C@@]3(CO)C[C@H]3N2C(=O)O)C1. The summed E-state index contributed by atoms with van der Waals surface area (Å²) in [5.41, 5.74) is -0.362. The Labute approximate surface area is 130 Å². The molecule has 1 heterocycles. The maximum Gasteiger partial charge on any atom is 0.408 e. The van der Waals surface area contributed by atoms with Crippen molar-refractivity contribution in [3.05, 3.63) is 0 Å². The van der Waals surface area contributed by atoms with Gasteiger partial charge in [0.15, 0.2) is 0 Å². The molecule has 3 aliphatic rings. The third-order valence-corrected chi connectivity index (χ3v) is 5.96. The fraction of sp³-hybridized carbons (Fsp3) is 0.875. The lowest BCUT2D eigenvalue weighted by Crippen LogP contribution is -2.50. The number of piperidine rings is 1. The summed E-state index contributed by atoms with van der Waals surface area (Å²) in [6.07, 6.45) is 5.55. The highest BCUT2D eigenvalue weighted by Crippen LogP contribution is 2.59. The number of carbonyl (C=O) groups excluding carboxylic acids is 1. The minimum Gasteiger partial charge on any atom is -0.465 e. The van der Waals surface area contributed by atoms with E-state index in [1.54, 1.807) is 0 Å². The van der Waals surface area contributed by atoms with Gasteiger partial charge in [0.25, 0.3) is 0 Å². The highest BCUT2D eigenvalue weighted by molar-refractivity contribution is 5.87. The molecule has 1 saturated heterocycles. The van der Waals surface area contributed by atoms with Crippen molar-refractivity contribution in [1.29, 1.82) is 0 Å². The molecule has 3 rings (SSSR count). The van der Waals surface area contributed by atoms with Gasteiger partial charge in [-0.25, -0.2) is 4.79 Å². The third kappa shape index (κ3) is 2.57. The number of carbonyl (C=O) groups is 2. The van der Waals surface area contributed by atoms with Gasteiger partial charge in [-0.2, -0.15) is 0 Å². The van der Waals surface area contributed by atoms with Crippen molar-refractivity contribution in [1.82, 2.24) is 10.2 Å². The monoisotopic (exact) mass is 310 g/mol. The Morgan fingerprint density at radius 1 is 1.32 bits per heavy atom. The van der Waals surface area contributed by atoms with E-state index < -0.39 is 12.1 Å². The van der Waals surface area contributed by atoms with Crippen molar-refractivity contribution < 1.29 is 19.8 Å². The average Bonchev–Trinajstić information content (AvgIpc) is 3.12. The van der Waals surface area contributed by atoms with E-state index in [1.807, 2.05) is 0 Å². The molecule has 3 N–H and O–H groups in total. The summed E-state index contributed by atoms with van der Waals surface area (Å²) in [7, 11) is 0. The normalized spacial score (nSPS) is 40.2. The minimum atomic E-state index is -1.05. The molecule has 0 bridgehead atoms. The average molecular weight is 310 g/mol. The molecule has 22 heavy (non-hydrogen) atoms. The molecule has 0 aromatic carbocycles. The summed E-state index contributed by atoms with van der Waals surface area (Å²) in [4.78, 5) is 25.3. The molecule has 0 aromatic rings. The van der Waals surface area contributed by atoms with Crippen LogP contribution in [-0.4, -0.2) is 51.8 Å². The number of likely N-dealkylation sites (tertiary alicyclic amines) is 1. The Balaban J connectivity index is 1.63. The lowest BCUT2D eigenvalue weighted by Gasteiger charge is -2.31. The predicted octanol–water partition coefficient (Wildman–Crippen LogP) is 1.57. The minimum absolute atomic E-state index is 0.0352. The van der Waals surface area contributed by atoms with E-state index in [1.165, 1.54) is 11.3 Å². The Bertz CT molecular complexity index is 469. The molecule has 2 aliphatic carbocycles. The van der Waals surface area contributed by atoms with Crippen LogP contribution in [0.1, 0.15) is 51.9 Å². The number of amides is 2. The smallest absolute Gasteiger partial charge is 0.408 e. The molecule has 6 heteroatoms. The van der Waals surface area contributed by atoms with Gasteiger partial charge in [0.05, 0.1) is 6.61 Å². The number of hydrogen-bond donors (Lipinski definition) is 3. The van der Waals surface area contributed by atoms with Crippen LogP contribution in [0.25, 0.3) is 0 Å². The maximum absolute atomic E-state index is 12.5. The number of nitrogens with zero attached hydrogens (tertiary/aromatic N) is 1. The fourth-order valence-electron chi connectivity index (χ4n) is 4.45. The van der Waals surface area contributed by atoms with E-state index in [0.29, 0.717) is 18.8 Å². The largest absolute Gasteiger partial charge is 0.465 e. The van der Waals surface area contributed by atoms with Crippen LogP contribution in [0, 0.1) is 11.3 Å². The molecule has 1 aliphatic heterocycles. The van der Waals surface area contributed by atoms with Crippen LogP contribution < -0.4 is 5.32 Å². The lowest BCUT2D eigenvalue weighted by atomic mass is 9.84. The van der Waals surface area contributed by atoms with Gasteiger partial charge >= 0.3 is 6.09 Å². The molecule has 3 fully saturated rings. The zero-order chi connectivity index (χ0) is 15.9. The first-order valence-electron chi connectivity index (χ1n) is 8.43. The molecule has 2 saturated carbocycles. The summed E-state index contributed by atoms with van der Waals surface area (Å²) in [6, 6.07) is -0.644. The van der Waals surface area contributed by atoms with Crippen LogP contribution >= 0.6 is 0 Å². The number of fused-ring (bicyclic) bond motifs is 1. The van der Waals surface area contributed by atoms with E-state index in [0.717, 1.165) is 25.7 Å². The Hall–Kier alpha value is -1.30. The Morgan fingerprint density at radius 2 is 2.09 bits per heavy atom. The number of aliphatic hydroxyl groups excluding tert-OH is 1. The molecule has 6 nitrogen and oxygen atoms in total. The van der Waals surface area contributed by atoms with E-state index in [9.17, 15) is 19.8 Å². The second-order valence-corrected chi connectivity index (χ2v) is 7.30. The molecular weight excluding hydrogens is 284 g/mol. The summed E-state index contributed by atoms with van der Waals surface area (Å²) in [5, 5.41) is 22.0. The number of hydrogen-bond acceptors (Lipinski definition) is 3. The summed E-state index contributed by atoms with van der Waals surface area (Å²) < 4.78 is 0. The van der Waals surface area contributed by atoms with Crippen LogP contribution in [-0.2, 0) is 4.79 Å². The van der Waals surface area contributed by atoms with Crippen LogP contribution in [0.2, 0.25) is 0 Å². The van der Waals surface area contributed by atoms with Gasteiger partial charge in [0.1, 0.15) is 6.04 Å². The van der Waals surface area contributed by atoms with E-state index >= 15 is 0 Å². The van der Waals surface area contributed by atoms with E-state index in [2.05, 4.69) is 12.2 Å². The van der Waals surface area contributed by atoms with Crippen LogP contribution in [0.3, 0.4) is 0 Å². The quantitative estimate of drug-likeness (QED) is 0.735. The van der Waals surface area contributed by atoms with Crippen molar-refractivity contribution in [3.8, 4) is 0 Å². The van der Waals surface area contributed by atoms with Gasteiger partial charge in [-0.15, -0.1) is 0 Å². The zero-order valence-electron chi connectivity index (χ0n) is 13.1. The van der Waals surface area contributed by atoms with Crippen molar-refractivity contribution in [2.45, 2.75) is 70.0 Å². The van der Waals surface area contributed by atoms with Gasteiger partial charge in [-0.05, 0) is 31.6 Å². The van der Waals surface area contributed by atoms with Crippen LogP contribution in [0.5, 0.6) is 0 Å². The van der Waals surface area contributed by atoms with Gasteiger partial charge in [0.2, 0.25) is 5.91 Å². The van der Waals surface area contributed by atoms with Crippen LogP contribution in [0.15, 0.2) is 0 Å². The van der Waals surface area contributed by atoms with E-state index in [4.69, 9.17) is 0 Å². The Kier molecular flexibility index (Phi) is 4.05. The molecule has 0 radical (unpaired) electrons. The Morgan fingerprint density at radius 3 is 2.73 bits per heavy atom. The number of carboxylic acid groups (broad SMARTS) is 1. The molecule has 124 valence electrons. The van der Waals surface area contributed by atoms with E-state index in [-0.39, 0.29) is 30.0 Å². The first kappa shape index (κ1) is 15.6. The summed E-state index contributed by atoms with van der Waals surface area (Å²) in [6.45, 7) is 2.14. The maximum atomic E-state index is 12.5. The first-order valence-corrected chi connectivity index (χ1v) is 8.43. The molecule has 2 unspecified atom stereocenters. The standard InChI is InChI=1S/C16H26N2O4/c1-2-10-4-3-5-11(6-10)17-14(20)12-7-16(9-19)8-13(16)18(12)15(21)22/h10-13,19H,2-9H2,1H3,(H,17,20)(H,21,22)/t10?,11?,12-,13+,16-/m0/s1. The topological polar surface area (TPSA) is 89.9 Å². The third-order valence-electron chi connectivity index (χ3n) is 5.96. The van der Waals surface area contributed by atoms with Crippen LogP contribution in [0.4, 0.5) is 4.79 Å². The first-order chi connectivity index (χ1) is 10.5. The molecule has 2 amide bonds. The molecule has 0 spiro atoms. The highest BCUT2D eigenvalue weighted by Gasteiger charge is 2.67. The fourth-order valence-corrected chi connectivity index (χ4v) is 4.45. The number of aliphatic hydroxyl groups is 1. The van der Waals surface area contributed by atoms with Gasteiger partial charge in [-0.1, -0.05) is 26.2 Å². The summed E-state index contributed by atoms with van der Waals surface area (Å²) >= 11 is 0. The summed E-state index contributed by atoms with van der Waals surface area (Å²) in [5.74, 6) is 0.486. The highest BCUT2D eigenvalue weighted by atomic mass is 16.4. The molecular formula is C16H26N2O4. The van der Waals surface area contributed by atoms with Crippen molar-refractivity contribution >= 4 is 12.0 Å². The second kappa shape index (κ2) is 5.72. The molecule has 5 atom stereocenters. The zero-order valence-corrected chi connectivity index (χ0v) is 13.1. The second-order valence-electron chi connectivity index (χ2n) is 7.30. The molecule has 0 aromatic heterocycles. The lowest BCUT2D eigenvalue weighted by molar-refractivity contribution is -0.126. The van der Waals surface area contributed by atoms with Gasteiger partial charge in [0, 0.05) is 17.5 Å². The van der Waals surface area contributed by atoms with Gasteiger partial charge < -0.3 is 15.5 Å². The van der Waals surface area contributed by atoms with Gasteiger partial charge in [-0.3, -0.25) is 9.69 Å². The number of rotatable bonds is 4.